The number of alkyl halides is 3. The number of hydrogen-bond donors (Lipinski definition) is 1. The molecule has 0 spiro atoms. The molecule has 2 amide bonds. The summed E-state index contributed by atoms with van der Waals surface area (Å²) in [5.74, 6) is -0.715. The van der Waals surface area contributed by atoms with E-state index in [0.29, 0.717) is 6.54 Å². The Labute approximate surface area is 149 Å². The molecule has 2 aromatic carbocycles. The van der Waals surface area contributed by atoms with Crippen LogP contribution in [0.3, 0.4) is 0 Å². The maximum absolute atomic E-state index is 12.8. The van der Waals surface area contributed by atoms with Crippen LogP contribution in [-0.2, 0) is 22.3 Å². The Morgan fingerprint density at radius 3 is 2.35 bits per heavy atom. The van der Waals surface area contributed by atoms with Crippen LogP contribution in [0.15, 0.2) is 54.6 Å². The fourth-order valence-electron chi connectivity index (χ4n) is 2.42. The first-order valence-corrected chi connectivity index (χ1v) is 8.03. The fourth-order valence-corrected chi connectivity index (χ4v) is 2.42. The highest BCUT2D eigenvalue weighted by Gasteiger charge is 2.31. The predicted octanol–water partition coefficient (Wildman–Crippen LogP) is 3.76. The lowest BCUT2D eigenvalue weighted by atomic mass is 10.1. The standard InChI is InChI=1S/C19H19F3N2O2/c1-14(25)24(17-9-5-8-16(12-17)19(20,21)22)11-10-18(26)23-13-15-6-3-2-4-7-15/h2-9,12H,10-11,13H2,1H3,(H,23,26). The van der Waals surface area contributed by atoms with Crippen LogP contribution in [0.5, 0.6) is 0 Å². The quantitative estimate of drug-likeness (QED) is 0.848. The van der Waals surface area contributed by atoms with Gasteiger partial charge in [-0.1, -0.05) is 36.4 Å². The number of rotatable bonds is 6. The number of benzene rings is 2. The SMILES string of the molecule is CC(=O)N(CCC(=O)NCc1ccccc1)c1cccc(C(F)(F)F)c1. The molecule has 0 unspecified atom stereocenters. The number of halogens is 3. The number of amides is 2. The molecule has 0 atom stereocenters. The molecular weight excluding hydrogens is 345 g/mol. The van der Waals surface area contributed by atoms with Crippen molar-refractivity contribution in [3.63, 3.8) is 0 Å². The minimum Gasteiger partial charge on any atom is -0.352 e. The molecule has 1 N–H and O–H groups in total. The van der Waals surface area contributed by atoms with Crippen molar-refractivity contribution in [1.82, 2.24) is 5.32 Å². The molecule has 2 aromatic rings. The third-order valence-corrected chi connectivity index (χ3v) is 3.76. The number of hydrogen-bond acceptors (Lipinski definition) is 2. The predicted molar refractivity (Wildman–Crippen MR) is 92.4 cm³/mol. The maximum atomic E-state index is 12.8. The van der Waals surface area contributed by atoms with Gasteiger partial charge in [-0.2, -0.15) is 13.2 Å². The van der Waals surface area contributed by atoms with Crippen LogP contribution in [0, 0.1) is 0 Å². The molecule has 0 radical (unpaired) electrons. The lowest BCUT2D eigenvalue weighted by molar-refractivity contribution is -0.137. The summed E-state index contributed by atoms with van der Waals surface area (Å²) in [5, 5.41) is 2.72. The van der Waals surface area contributed by atoms with Crippen LogP contribution in [0.25, 0.3) is 0 Å². The Bertz CT molecular complexity index is 761. The summed E-state index contributed by atoms with van der Waals surface area (Å²) in [6.45, 7) is 1.60. The van der Waals surface area contributed by atoms with Gasteiger partial charge in [0.15, 0.2) is 0 Å². The summed E-state index contributed by atoms with van der Waals surface area (Å²) >= 11 is 0. The highest BCUT2D eigenvalue weighted by atomic mass is 19.4. The molecule has 0 aliphatic rings. The van der Waals surface area contributed by atoms with Gasteiger partial charge < -0.3 is 10.2 Å². The number of carbonyl (C=O) groups excluding carboxylic acids is 2. The molecule has 0 saturated heterocycles. The molecule has 0 saturated carbocycles. The van der Waals surface area contributed by atoms with E-state index >= 15 is 0 Å². The van der Waals surface area contributed by atoms with Gasteiger partial charge >= 0.3 is 6.18 Å². The van der Waals surface area contributed by atoms with Crippen molar-refractivity contribution < 1.29 is 22.8 Å². The Morgan fingerprint density at radius 1 is 1.04 bits per heavy atom. The molecule has 0 aromatic heterocycles. The minimum atomic E-state index is -4.49. The molecular formula is C19H19F3N2O2. The summed E-state index contributed by atoms with van der Waals surface area (Å²) in [5.41, 5.74) is 0.208. The Balaban J connectivity index is 1.98. The maximum Gasteiger partial charge on any atom is 0.416 e. The molecule has 2 rings (SSSR count). The molecule has 0 bridgehead atoms. The van der Waals surface area contributed by atoms with Crippen LogP contribution in [0.4, 0.5) is 18.9 Å². The Hall–Kier alpha value is -2.83. The second-order valence-electron chi connectivity index (χ2n) is 5.73. The summed E-state index contributed by atoms with van der Waals surface area (Å²) in [4.78, 5) is 24.9. The van der Waals surface area contributed by atoms with Crippen molar-refractivity contribution in [2.24, 2.45) is 0 Å². The average Bonchev–Trinajstić information content (AvgIpc) is 2.60. The van der Waals surface area contributed by atoms with Crippen molar-refractivity contribution in [2.45, 2.75) is 26.1 Å². The number of nitrogens with zero attached hydrogens (tertiary/aromatic N) is 1. The van der Waals surface area contributed by atoms with Gasteiger partial charge in [0, 0.05) is 32.1 Å². The van der Waals surface area contributed by atoms with E-state index < -0.39 is 17.6 Å². The third-order valence-electron chi connectivity index (χ3n) is 3.76. The van der Waals surface area contributed by atoms with E-state index in [2.05, 4.69) is 5.32 Å². The molecule has 0 heterocycles. The molecule has 0 aliphatic heterocycles. The first kappa shape index (κ1) is 19.5. The second kappa shape index (κ2) is 8.51. The molecule has 4 nitrogen and oxygen atoms in total. The first-order valence-electron chi connectivity index (χ1n) is 8.03. The van der Waals surface area contributed by atoms with Gasteiger partial charge in [0.05, 0.1) is 5.56 Å². The van der Waals surface area contributed by atoms with Gasteiger partial charge in [0.25, 0.3) is 0 Å². The van der Waals surface area contributed by atoms with Gasteiger partial charge in [0.1, 0.15) is 0 Å². The highest BCUT2D eigenvalue weighted by molar-refractivity contribution is 5.92. The normalized spacial score (nSPS) is 11.1. The zero-order valence-corrected chi connectivity index (χ0v) is 14.2. The van der Waals surface area contributed by atoms with Gasteiger partial charge in [-0.3, -0.25) is 9.59 Å². The third kappa shape index (κ3) is 5.61. The van der Waals surface area contributed by atoms with E-state index in [1.165, 1.54) is 19.1 Å². The zero-order valence-electron chi connectivity index (χ0n) is 14.2. The van der Waals surface area contributed by atoms with E-state index in [9.17, 15) is 22.8 Å². The smallest absolute Gasteiger partial charge is 0.352 e. The molecule has 7 heteroatoms. The van der Waals surface area contributed by atoms with Crippen LogP contribution in [-0.4, -0.2) is 18.4 Å². The van der Waals surface area contributed by atoms with Gasteiger partial charge in [-0.05, 0) is 23.8 Å². The van der Waals surface area contributed by atoms with E-state index in [1.807, 2.05) is 30.3 Å². The van der Waals surface area contributed by atoms with Gasteiger partial charge in [0.2, 0.25) is 11.8 Å². The number of nitrogens with one attached hydrogen (secondary N) is 1. The van der Waals surface area contributed by atoms with Crippen molar-refractivity contribution >= 4 is 17.5 Å². The minimum absolute atomic E-state index is 0.00271. The van der Waals surface area contributed by atoms with E-state index in [-0.39, 0.29) is 24.6 Å². The average molecular weight is 364 g/mol. The molecule has 0 aliphatic carbocycles. The lowest BCUT2D eigenvalue weighted by Gasteiger charge is -2.22. The second-order valence-corrected chi connectivity index (χ2v) is 5.73. The van der Waals surface area contributed by atoms with Gasteiger partial charge in [-0.25, -0.2) is 0 Å². The monoisotopic (exact) mass is 364 g/mol. The Kier molecular flexibility index (Phi) is 6.38. The summed E-state index contributed by atoms with van der Waals surface area (Å²) in [6.07, 6.45) is -4.51. The number of anilines is 1. The number of carbonyl (C=O) groups is 2. The van der Waals surface area contributed by atoms with Crippen LogP contribution in [0.1, 0.15) is 24.5 Å². The molecule has 0 fully saturated rings. The first-order chi connectivity index (χ1) is 12.3. The Morgan fingerprint density at radius 2 is 1.73 bits per heavy atom. The summed E-state index contributed by atoms with van der Waals surface area (Å²) in [6, 6.07) is 13.8. The fraction of sp³-hybridized carbons (Fsp3) is 0.263. The van der Waals surface area contributed by atoms with Crippen molar-refractivity contribution in [1.29, 1.82) is 0 Å². The molecule has 138 valence electrons. The van der Waals surface area contributed by atoms with Crippen molar-refractivity contribution in [3.05, 3.63) is 65.7 Å². The molecule has 26 heavy (non-hydrogen) atoms. The van der Waals surface area contributed by atoms with E-state index in [1.54, 1.807) is 0 Å². The van der Waals surface area contributed by atoms with Crippen molar-refractivity contribution in [2.75, 3.05) is 11.4 Å². The zero-order chi connectivity index (χ0) is 19.2. The topological polar surface area (TPSA) is 49.4 Å². The van der Waals surface area contributed by atoms with E-state index in [4.69, 9.17) is 0 Å². The van der Waals surface area contributed by atoms with Crippen LogP contribution < -0.4 is 10.2 Å². The van der Waals surface area contributed by atoms with E-state index in [0.717, 1.165) is 22.6 Å². The van der Waals surface area contributed by atoms with Crippen molar-refractivity contribution in [3.8, 4) is 0 Å². The van der Waals surface area contributed by atoms with Crippen LogP contribution in [0.2, 0.25) is 0 Å². The highest BCUT2D eigenvalue weighted by Crippen LogP contribution is 2.31. The van der Waals surface area contributed by atoms with Crippen LogP contribution >= 0.6 is 0 Å². The lowest BCUT2D eigenvalue weighted by Crippen LogP contribution is -2.33. The summed E-state index contributed by atoms with van der Waals surface area (Å²) < 4.78 is 38.5. The van der Waals surface area contributed by atoms with Gasteiger partial charge in [-0.15, -0.1) is 0 Å². The summed E-state index contributed by atoms with van der Waals surface area (Å²) in [7, 11) is 0. The largest absolute Gasteiger partial charge is 0.416 e.